The third-order valence-electron chi connectivity index (χ3n) is 5.35. The van der Waals surface area contributed by atoms with E-state index in [-0.39, 0.29) is 17.9 Å². The Morgan fingerprint density at radius 1 is 1.04 bits per heavy atom. The molecule has 150 valence electrons. The number of fused-ring (bicyclic) bond motifs is 1. The summed E-state index contributed by atoms with van der Waals surface area (Å²) in [6.07, 6.45) is 4.04. The van der Waals surface area contributed by atoms with Gasteiger partial charge in [0.05, 0.1) is 6.54 Å². The van der Waals surface area contributed by atoms with Crippen LogP contribution in [0, 0.1) is 0 Å². The number of nitrogens with zero attached hydrogens (tertiary/aromatic N) is 1. The van der Waals surface area contributed by atoms with Gasteiger partial charge in [-0.05, 0) is 42.0 Å². The Kier molecular flexibility index (Phi) is 7.43. The minimum Gasteiger partial charge on any atom is -0.355 e. The van der Waals surface area contributed by atoms with Crippen LogP contribution in [0.1, 0.15) is 38.2 Å². The summed E-state index contributed by atoms with van der Waals surface area (Å²) in [5.41, 5.74) is 1.20. The monoisotopic (exact) mass is 381 g/mol. The highest BCUT2D eigenvalue weighted by molar-refractivity contribution is 5.83. The number of benzene rings is 2. The lowest BCUT2D eigenvalue weighted by atomic mass is 10.0. The molecular formula is C23H31N3O2. The molecule has 2 aromatic carbocycles. The molecule has 0 atom stereocenters. The summed E-state index contributed by atoms with van der Waals surface area (Å²) in [6, 6.07) is 14.9. The van der Waals surface area contributed by atoms with E-state index in [0.29, 0.717) is 13.0 Å². The lowest BCUT2D eigenvalue weighted by molar-refractivity contribution is -0.124. The smallest absolute Gasteiger partial charge is 0.234 e. The molecule has 0 bridgehead atoms. The molecule has 2 N–H and O–H groups in total. The van der Waals surface area contributed by atoms with Gasteiger partial charge in [-0.2, -0.15) is 0 Å². The van der Waals surface area contributed by atoms with E-state index in [0.717, 1.165) is 45.3 Å². The summed E-state index contributed by atoms with van der Waals surface area (Å²) in [7, 11) is 0. The second kappa shape index (κ2) is 10.2. The topological polar surface area (TPSA) is 61.4 Å². The zero-order valence-electron chi connectivity index (χ0n) is 16.7. The number of hydrogen-bond acceptors (Lipinski definition) is 3. The molecule has 5 heteroatoms. The second-order valence-electron chi connectivity index (χ2n) is 7.65. The molecule has 0 aliphatic carbocycles. The largest absolute Gasteiger partial charge is 0.355 e. The Labute approximate surface area is 167 Å². The van der Waals surface area contributed by atoms with Crippen LogP contribution < -0.4 is 10.6 Å². The molecule has 28 heavy (non-hydrogen) atoms. The summed E-state index contributed by atoms with van der Waals surface area (Å²) in [6.45, 7) is 4.96. The van der Waals surface area contributed by atoms with Crippen LogP contribution in [0.5, 0.6) is 0 Å². The van der Waals surface area contributed by atoms with E-state index in [2.05, 4.69) is 52.8 Å². The SMILES string of the molecule is CCCNC(=O)CN1CCC(NC(=O)CCc2ccc3ccccc3c2)CC1. The third kappa shape index (κ3) is 6.06. The van der Waals surface area contributed by atoms with Gasteiger partial charge in [0.25, 0.3) is 0 Å². The lowest BCUT2D eigenvalue weighted by Crippen LogP contribution is -2.47. The van der Waals surface area contributed by atoms with Crippen LogP contribution in [-0.2, 0) is 16.0 Å². The zero-order chi connectivity index (χ0) is 19.8. The molecule has 0 unspecified atom stereocenters. The summed E-state index contributed by atoms with van der Waals surface area (Å²) in [4.78, 5) is 26.3. The van der Waals surface area contributed by atoms with Gasteiger partial charge in [0.1, 0.15) is 0 Å². The number of hydrogen-bond donors (Lipinski definition) is 2. The van der Waals surface area contributed by atoms with E-state index >= 15 is 0 Å². The molecule has 0 aromatic heterocycles. The molecule has 1 aliphatic heterocycles. The quantitative estimate of drug-likeness (QED) is 0.739. The van der Waals surface area contributed by atoms with Crippen molar-refractivity contribution in [2.75, 3.05) is 26.2 Å². The van der Waals surface area contributed by atoms with E-state index in [4.69, 9.17) is 0 Å². The first-order chi connectivity index (χ1) is 13.6. The van der Waals surface area contributed by atoms with Gasteiger partial charge in [-0.15, -0.1) is 0 Å². The van der Waals surface area contributed by atoms with Crippen molar-refractivity contribution in [1.82, 2.24) is 15.5 Å². The van der Waals surface area contributed by atoms with Crippen molar-refractivity contribution in [2.24, 2.45) is 0 Å². The number of likely N-dealkylation sites (tertiary alicyclic amines) is 1. The molecule has 2 aromatic rings. The van der Waals surface area contributed by atoms with Gasteiger partial charge in [0.2, 0.25) is 11.8 Å². The average Bonchev–Trinajstić information content (AvgIpc) is 2.72. The van der Waals surface area contributed by atoms with Crippen molar-refractivity contribution in [3.05, 3.63) is 48.0 Å². The van der Waals surface area contributed by atoms with Crippen molar-refractivity contribution in [1.29, 1.82) is 0 Å². The van der Waals surface area contributed by atoms with E-state index in [1.807, 2.05) is 12.1 Å². The lowest BCUT2D eigenvalue weighted by Gasteiger charge is -2.31. The zero-order valence-corrected chi connectivity index (χ0v) is 16.7. The highest BCUT2D eigenvalue weighted by Gasteiger charge is 2.21. The summed E-state index contributed by atoms with van der Waals surface area (Å²) in [5.74, 6) is 0.215. The third-order valence-corrected chi connectivity index (χ3v) is 5.35. The maximum atomic E-state index is 12.3. The van der Waals surface area contributed by atoms with Crippen molar-refractivity contribution in [2.45, 2.75) is 45.1 Å². The predicted molar refractivity (Wildman–Crippen MR) is 113 cm³/mol. The van der Waals surface area contributed by atoms with Gasteiger partial charge >= 0.3 is 0 Å². The maximum Gasteiger partial charge on any atom is 0.234 e. The normalized spacial score (nSPS) is 15.5. The minimum absolute atomic E-state index is 0.0970. The van der Waals surface area contributed by atoms with Gasteiger partial charge in [-0.3, -0.25) is 14.5 Å². The fourth-order valence-corrected chi connectivity index (χ4v) is 3.71. The fourth-order valence-electron chi connectivity index (χ4n) is 3.71. The van der Waals surface area contributed by atoms with E-state index < -0.39 is 0 Å². The number of carbonyl (C=O) groups excluding carboxylic acids is 2. The fraction of sp³-hybridized carbons (Fsp3) is 0.478. The van der Waals surface area contributed by atoms with Gasteiger partial charge < -0.3 is 10.6 Å². The molecule has 1 saturated heterocycles. The van der Waals surface area contributed by atoms with Crippen LogP contribution in [0.3, 0.4) is 0 Å². The molecule has 0 spiro atoms. The van der Waals surface area contributed by atoms with Crippen LogP contribution in [-0.4, -0.2) is 48.9 Å². The molecule has 1 heterocycles. The Bertz CT molecular complexity index is 797. The second-order valence-corrected chi connectivity index (χ2v) is 7.65. The van der Waals surface area contributed by atoms with Gasteiger partial charge in [-0.1, -0.05) is 49.4 Å². The maximum absolute atomic E-state index is 12.3. The van der Waals surface area contributed by atoms with Crippen LogP contribution >= 0.6 is 0 Å². The highest BCUT2D eigenvalue weighted by Crippen LogP contribution is 2.17. The molecule has 2 amide bonds. The predicted octanol–water partition coefficient (Wildman–Crippen LogP) is 2.88. The first-order valence-corrected chi connectivity index (χ1v) is 10.4. The molecule has 5 nitrogen and oxygen atoms in total. The Balaban J connectivity index is 1.38. The molecular weight excluding hydrogens is 350 g/mol. The number of nitrogens with one attached hydrogen (secondary N) is 2. The first kappa shape index (κ1) is 20.3. The van der Waals surface area contributed by atoms with Crippen molar-refractivity contribution < 1.29 is 9.59 Å². The van der Waals surface area contributed by atoms with Crippen LogP contribution in [0.15, 0.2) is 42.5 Å². The number of amides is 2. The number of piperidine rings is 1. The van der Waals surface area contributed by atoms with Gasteiger partial charge in [-0.25, -0.2) is 0 Å². The molecule has 0 radical (unpaired) electrons. The van der Waals surface area contributed by atoms with Gasteiger partial charge in [0.15, 0.2) is 0 Å². The molecule has 1 aliphatic rings. The van der Waals surface area contributed by atoms with Gasteiger partial charge in [0, 0.05) is 32.1 Å². The number of aryl methyl sites for hydroxylation is 1. The molecule has 3 rings (SSSR count). The first-order valence-electron chi connectivity index (χ1n) is 10.4. The molecule has 1 fully saturated rings. The van der Waals surface area contributed by atoms with Crippen molar-refractivity contribution in [3.8, 4) is 0 Å². The van der Waals surface area contributed by atoms with Crippen molar-refractivity contribution in [3.63, 3.8) is 0 Å². The van der Waals surface area contributed by atoms with E-state index in [1.54, 1.807) is 0 Å². The Hall–Kier alpha value is -2.40. The minimum atomic E-state index is 0.0970. The molecule has 0 saturated carbocycles. The van der Waals surface area contributed by atoms with Crippen molar-refractivity contribution >= 4 is 22.6 Å². The average molecular weight is 382 g/mol. The van der Waals surface area contributed by atoms with Crippen LogP contribution in [0.25, 0.3) is 10.8 Å². The summed E-state index contributed by atoms with van der Waals surface area (Å²) in [5, 5.41) is 8.53. The van der Waals surface area contributed by atoms with E-state index in [1.165, 1.54) is 16.3 Å². The number of rotatable bonds is 8. The van der Waals surface area contributed by atoms with Crippen LogP contribution in [0.4, 0.5) is 0 Å². The highest BCUT2D eigenvalue weighted by atomic mass is 16.2. The Morgan fingerprint density at radius 2 is 1.79 bits per heavy atom. The number of carbonyl (C=O) groups is 2. The van der Waals surface area contributed by atoms with Crippen LogP contribution in [0.2, 0.25) is 0 Å². The summed E-state index contributed by atoms with van der Waals surface area (Å²) < 4.78 is 0. The van der Waals surface area contributed by atoms with E-state index in [9.17, 15) is 9.59 Å². The standard InChI is InChI=1S/C23H31N3O2/c1-2-13-24-23(28)17-26-14-11-21(12-15-26)25-22(27)10-8-18-7-9-19-5-3-4-6-20(19)16-18/h3-7,9,16,21H,2,8,10-15,17H2,1H3,(H,24,28)(H,25,27). The Morgan fingerprint density at radius 3 is 2.54 bits per heavy atom. The summed E-state index contributed by atoms with van der Waals surface area (Å²) >= 11 is 0.